The highest BCUT2D eigenvalue weighted by Crippen LogP contribution is 2.27. The minimum Gasteiger partial charge on any atom is -0.492 e. The first-order valence-electron chi connectivity index (χ1n) is 7.57. The Bertz CT molecular complexity index is 496. The third kappa shape index (κ3) is 4.11. The summed E-state index contributed by atoms with van der Waals surface area (Å²) < 4.78 is 5.35. The summed E-state index contributed by atoms with van der Waals surface area (Å²) >= 11 is 0. The first-order valence-corrected chi connectivity index (χ1v) is 7.57. The molecule has 1 aliphatic carbocycles. The maximum atomic E-state index is 12.1. The van der Waals surface area contributed by atoms with E-state index in [0.717, 1.165) is 32.1 Å². The van der Waals surface area contributed by atoms with Crippen LogP contribution in [0.3, 0.4) is 0 Å². The number of aliphatic hydroxyl groups is 1. The van der Waals surface area contributed by atoms with Crippen molar-refractivity contribution >= 4 is 11.6 Å². The number of nitrogens with one attached hydrogen (secondary N) is 1. The molecule has 0 bridgehead atoms. The van der Waals surface area contributed by atoms with E-state index in [1.807, 2.05) is 6.92 Å². The van der Waals surface area contributed by atoms with Gasteiger partial charge in [-0.2, -0.15) is 0 Å². The van der Waals surface area contributed by atoms with Crippen LogP contribution in [0.2, 0.25) is 0 Å². The zero-order chi connectivity index (χ0) is 15.3. The Morgan fingerprint density at radius 1 is 1.38 bits per heavy atom. The van der Waals surface area contributed by atoms with E-state index >= 15 is 0 Å². The van der Waals surface area contributed by atoms with Crippen LogP contribution in [0.4, 0.5) is 5.69 Å². The molecule has 1 aromatic carbocycles. The van der Waals surface area contributed by atoms with Crippen molar-refractivity contribution in [2.45, 2.75) is 44.6 Å². The topological polar surface area (TPSA) is 84.6 Å². The summed E-state index contributed by atoms with van der Waals surface area (Å²) in [4.78, 5) is 12.1. The molecule has 116 valence electrons. The normalized spacial score (nSPS) is 17.2. The van der Waals surface area contributed by atoms with Gasteiger partial charge < -0.3 is 20.9 Å². The minimum absolute atomic E-state index is 0.219. The van der Waals surface area contributed by atoms with Crippen molar-refractivity contribution in [3.8, 4) is 5.75 Å². The molecule has 0 radical (unpaired) electrons. The lowest BCUT2D eigenvalue weighted by Gasteiger charge is -2.32. The third-order valence-corrected chi connectivity index (χ3v) is 3.93. The molecule has 1 fully saturated rings. The van der Waals surface area contributed by atoms with Gasteiger partial charge in [-0.15, -0.1) is 0 Å². The number of nitrogens with two attached hydrogens (primary N) is 1. The van der Waals surface area contributed by atoms with Crippen molar-refractivity contribution in [3.05, 3.63) is 23.8 Å². The van der Waals surface area contributed by atoms with Crippen LogP contribution in [-0.2, 0) is 0 Å². The number of hydrogen-bond acceptors (Lipinski definition) is 4. The molecule has 2 rings (SSSR count). The average Bonchev–Trinajstić information content (AvgIpc) is 2.48. The van der Waals surface area contributed by atoms with Gasteiger partial charge in [-0.05, 0) is 38.0 Å². The Kier molecular flexibility index (Phi) is 5.07. The smallest absolute Gasteiger partial charge is 0.251 e. The molecule has 1 aromatic rings. The molecule has 5 heteroatoms. The van der Waals surface area contributed by atoms with Crippen LogP contribution >= 0.6 is 0 Å². The van der Waals surface area contributed by atoms with E-state index in [2.05, 4.69) is 5.32 Å². The number of nitrogen functional groups attached to an aromatic ring is 1. The zero-order valence-corrected chi connectivity index (χ0v) is 12.5. The van der Waals surface area contributed by atoms with Crippen LogP contribution < -0.4 is 15.8 Å². The average molecular weight is 292 g/mol. The molecule has 0 aromatic heterocycles. The Morgan fingerprint density at radius 3 is 2.71 bits per heavy atom. The standard InChI is InChI=1S/C16H24N2O3/c1-2-21-14-7-6-12(10-13(14)17)15(19)18-11-16(20)8-4-3-5-9-16/h6-7,10,20H,2-5,8-9,11,17H2,1H3,(H,18,19). The Balaban J connectivity index is 1.95. The van der Waals surface area contributed by atoms with Crippen molar-refractivity contribution < 1.29 is 14.6 Å². The van der Waals surface area contributed by atoms with Crippen LogP contribution in [0, 0.1) is 0 Å². The lowest BCUT2D eigenvalue weighted by atomic mass is 9.85. The van der Waals surface area contributed by atoms with Gasteiger partial charge in [0.2, 0.25) is 0 Å². The molecular formula is C16H24N2O3. The van der Waals surface area contributed by atoms with Gasteiger partial charge in [0, 0.05) is 12.1 Å². The van der Waals surface area contributed by atoms with Gasteiger partial charge in [-0.25, -0.2) is 0 Å². The number of ether oxygens (including phenoxy) is 1. The van der Waals surface area contributed by atoms with E-state index in [0.29, 0.717) is 30.2 Å². The minimum atomic E-state index is -0.759. The fraction of sp³-hybridized carbons (Fsp3) is 0.562. The lowest BCUT2D eigenvalue weighted by Crippen LogP contribution is -2.44. The molecule has 4 N–H and O–H groups in total. The summed E-state index contributed by atoms with van der Waals surface area (Å²) in [6.07, 6.45) is 4.69. The second kappa shape index (κ2) is 6.80. The second-order valence-electron chi connectivity index (χ2n) is 5.65. The van der Waals surface area contributed by atoms with Gasteiger partial charge in [0.1, 0.15) is 5.75 Å². The highest BCUT2D eigenvalue weighted by atomic mass is 16.5. The van der Waals surface area contributed by atoms with E-state index in [4.69, 9.17) is 10.5 Å². The Hall–Kier alpha value is -1.75. The van der Waals surface area contributed by atoms with Crippen molar-refractivity contribution in [2.24, 2.45) is 0 Å². The summed E-state index contributed by atoms with van der Waals surface area (Å²) in [6.45, 7) is 2.70. The molecule has 0 spiro atoms. The fourth-order valence-electron chi connectivity index (χ4n) is 2.71. The monoisotopic (exact) mass is 292 g/mol. The van der Waals surface area contributed by atoms with Crippen molar-refractivity contribution in [2.75, 3.05) is 18.9 Å². The number of carbonyl (C=O) groups excluding carboxylic acids is 1. The summed E-state index contributed by atoms with van der Waals surface area (Å²) in [5.74, 6) is 0.365. The molecule has 1 amide bonds. The summed E-state index contributed by atoms with van der Waals surface area (Å²) in [7, 11) is 0. The molecule has 1 aliphatic rings. The summed E-state index contributed by atoms with van der Waals surface area (Å²) in [5, 5.41) is 13.2. The third-order valence-electron chi connectivity index (χ3n) is 3.93. The van der Waals surface area contributed by atoms with Crippen LogP contribution in [0.15, 0.2) is 18.2 Å². The molecular weight excluding hydrogens is 268 g/mol. The fourth-order valence-corrected chi connectivity index (χ4v) is 2.71. The Morgan fingerprint density at radius 2 is 2.10 bits per heavy atom. The second-order valence-corrected chi connectivity index (χ2v) is 5.65. The van der Waals surface area contributed by atoms with E-state index in [-0.39, 0.29) is 5.91 Å². The van der Waals surface area contributed by atoms with Gasteiger partial charge in [-0.1, -0.05) is 19.3 Å². The zero-order valence-electron chi connectivity index (χ0n) is 12.5. The lowest BCUT2D eigenvalue weighted by molar-refractivity contribution is 0.00526. The van der Waals surface area contributed by atoms with Crippen molar-refractivity contribution in [1.29, 1.82) is 0 Å². The number of hydrogen-bond donors (Lipinski definition) is 3. The van der Waals surface area contributed by atoms with Gasteiger partial charge in [0.15, 0.2) is 0 Å². The first kappa shape index (κ1) is 15.6. The van der Waals surface area contributed by atoms with Gasteiger partial charge in [0.05, 0.1) is 17.9 Å². The predicted molar refractivity (Wildman–Crippen MR) is 82.4 cm³/mol. The van der Waals surface area contributed by atoms with Gasteiger partial charge in [0.25, 0.3) is 5.91 Å². The van der Waals surface area contributed by atoms with Crippen LogP contribution in [0.1, 0.15) is 49.4 Å². The molecule has 0 saturated heterocycles. The maximum absolute atomic E-state index is 12.1. The molecule has 5 nitrogen and oxygen atoms in total. The number of rotatable bonds is 5. The highest BCUT2D eigenvalue weighted by molar-refractivity contribution is 5.95. The first-order chi connectivity index (χ1) is 10.0. The number of anilines is 1. The highest BCUT2D eigenvalue weighted by Gasteiger charge is 2.29. The molecule has 0 aliphatic heterocycles. The van der Waals surface area contributed by atoms with Gasteiger partial charge >= 0.3 is 0 Å². The van der Waals surface area contributed by atoms with Gasteiger partial charge in [-0.3, -0.25) is 4.79 Å². The number of amides is 1. The molecule has 0 atom stereocenters. The number of benzene rings is 1. The van der Waals surface area contributed by atoms with Crippen molar-refractivity contribution in [1.82, 2.24) is 5.32 Å². The van der Waals surface area contributed by atoms with Crippen LogP contribution in [0.5, 0.6) is 5.75 Å². The van der Waals surface area contributed by atoms with Crippen LogP contribution in [0.25, 0.3) is 0 Å². The predicted octanol–water partition coefficient (Wildman–Crippen LogP) is 2.09. The maximum Gasteiger partial charge on any atom is 0.251 e. The molecule has 21 heavy (non-hydrogen) atoms. The SMILES string of the molecule is CCOc1ccc(C(=O)NCC2(O)CCCCC2)cc1N. The Labute approximate surface area is 125 Å². The van der Waals surface area contributed by atoms with E-state index < -0.39 is 5.60 Å². The van der Waals surface area contributed by atoms with E-state index in [1.54, 1.807) is 18.2 Å². The van der Waals surface area contributed by atoms with E-state index in [1.165, 1.54) is 0 Å². The molecule has 0 heterocycles. The van der Waals surface area contributed by atoms with Crippen LogP contribution in [-0.4, -0.2) is 29.8 Å². The quantitative estimate of drug-likeness (QED) is 0.726. The molecule has 1 saturated carbocycles. The summed E-state index contributed by atoms with van der Waals surface area (Å²) in [6, 6.07) is 4.98. The molecule has 0 unspecified atom stereocenters. The summed E-state index contributed by atoms with van der Waals surface area (Å²) in [5.41, 5.74) is 6.02. The largest absolute Gasteiger partial charge is 0.492 e. The number of carbonyl (C=O) groups is 1. The van der Waals surface area contributed by atoms with Crippen molar-refractivity contribution in [3.63, 3.8) is 0 Å². The van der Waals surface area contributed by atoms with E-state index in [9.17, 15) is 9.90 Å².